The van der Waals surface area contributed by atoms with E-state index in [1.54, 1.807) is 0 Å². The second-order valence-electron chi connectivity index (χ2n) is 15.7. The molecule has 0 aromatic rings. The van der Waals surface area contributed by atoms with Crippen molar-refractivity contribution in [2.24, 2.45) is 21.7 Å². The third-order valence-electron chi connectivity index (χ3n) is 5.87. The molecule has 224 valence electrons. The van der Waals surface area contributed by atoms with Crippen LogP contribution in [0.1, 0.15) is 115 Å². The van der Waals surface area contributed by atoms with Gasteiger partial charge in [-0.3, -0.25) is 9.59 Å². The topological polar surface area (TPSA) is 61.8 Å². The Morgan fingerprint density at radius 1 is 0.737 bits per heavy atom. The molecule has 0 spiro atoms. The predicted octanol–water partition coefficient (Wildman–Crippen LogP) is 8.12. The highest BCUT2D eigenvalue weighted by atomic mass is 32.1. The van der Waals surface area contributed by atoms with E-state index >= 15 is 0 Å². The van der Waals surface area contributed by atoms with Gasteiger partial charge in [-0.25, -0.2) is 0 Å². The summed E-state index contributed by atoms with van der Waals surface area (Å²) in [5.74, 6) is -0.678. The number of thiol groups is 2. The van der Waals surface area contributed by atoms with Crippen LogP contribution in [0.15, 0.2) is 12.7 Å². The van der Waals surface area contributed by atoms with Gasteiger partial charge >= 0.3 is 11.9 Å². The summed E-state index contributed by atoms with van der Waals surface area (Å²) < 4.78 is 16.6. The summed E-state index contributed by atoms with van der Waals surface area (Å²) in [4.78, 5) is 25.6. The first-order valence-corrected chi connectivity index (χ1v) is 14.7. The normalized spacial score (nSPS) is 17.2. The molecule has 0 saturated carbocycles. The Kier molecular flexibility index (Phi) is 14.0. The summed E-state index contributed by atoms with van der Waals surface area (Å²) in [6, 6.07) is 0. The van der Waals surface area contributed by atoms with Crippen molar-refractivity contribution in [2.45, 2.75) is 131 Å². The van der Waals surface area contributed by atoms with Crippen LogP contribution in [0.3, 0.4) is 0 Å². The molecule has 5 nitrogen and oxygen atoms in total. The lowest BCUT2D eigenvalue weighted by molar-refractivity contribution is -0.165. The summed E-state index contributed by atoms with van der Waals surface area (Å²) >= 11 is 9.40. The van der Waals surface area contributed by atoms with Gasteiger partial charge in [0, 0.05) is 9.49 Å². The van der Waals surface area contributed by atoms with E-state index in [9.17, 15) is 9.59 Å². The molecule has 0 aliphatic rings. The summed E-state index contributed by atoms with van der Waals surface area (Å²) in [6.07, 6.45) is 3.97. The molecular formula is C31H58O5S2. The number of ether oxygens (including phenoxy) is 3. The van der Waals surface area contributed by atoms with Gasteiger partial charge in [0.1, 0.15) is 6.61 Å². The monoisotopic (exact) mass is 574 g/mol. The van der Waals surface area contributed by atoms with Gasteiger partial charge in [0.05, 0.1) is 26.1 Å². The van der Waals surface area contributed by atoms with Crippen molar-refractivity contribution in [3.8, 4) is 0 Å². The first kappa shape index (κ1) is 37.3. The van der Waals surface area contributed by atoms with Gasteiger partial charge in [-0.15, -0.1) is 6.58 Å². The molecule has 0 saturated heterocycles. The third kappa shape index (κ3) is 19.4. The van der Waals surface area contributed by atoms with Crippen LogP contribution in [-0.2, 0) is 23.8 Å². The maximum absolute atomic E-state index is 12.9. The minimum atomic E-state index is -0.700. The molecule has 0 N–H and O–H groups in total. The van der Waals surface area contributed by atoms with Gasteiger partial charge in [0.25, 0.3) is 0 Å². The van der Waals surface area contributed by atoms with Gasteiger partial charge in [-0.05, 0) is 47.8 Å². The molecule has 0 aliphatic carbocycles. The third-order valence-corrected chi connectivity index (χ3v) is 6.53. The number of hydrogen-bond acceptors (Lipinski definition) is 7. The Morgan fingerprint density at radius 3 is 1.74 bits per heavy atom. The Bertz CT molecular complexity index is 770. The second-order valence-corrected chi connectivity index (χ2v) is 17.8. The molecule has 0 amide bonds. The minimum absolute atomic E-state index is 0.0210. The van der Waals surface area contributed by atoms with Crippen molar-refractivity contribution >= 4 is 37.2 Å². The zero-order chi connectivity index (χ0) is 30.2. The van der Waals surface area contributed by atoms with Crippen molar-refractivity contribution in [3.63, 3.8) is 0 Å². The fourth-order valence-corrected chi connectivity index (χ4v) is 6.58. The standard InChI is InChI=1S/C31H58O5S2/c1-14-30(12,37)21-29(10,11)22-34-17-23(36-25(33)16-31(13,38)20-27(5,6)7)18-35-24(32)15-28(8,9)19-26(2,3)4/h14,23,37-38H,1,15-22H2,2-13H3. The number of carbonyl (C=O) groups is 2. The Balaban J connectivity index is 5.30. The Labute approximate surface area is 245 Å². The quantitative estimate of drug-likeness (QED) is 0.111. The van der Waals surface area contributed by atoms with Crippen LogP contribution in [-0.4, -0.2) is 47.4 Å². The molecule has 7 heteroatoms. The molecule has 0 aromatic carbocycles. The van der Waals surface area contributed by atoms with Crippen LogP contribution in [0, 0.1) is 21.7 Å². The van der Waals surface area contributed by atoms with Gasteiger partial charge in [-0.2, -0.15) is 25.3 Å². The van der Waals surface area contributed by atoms with Gasteiger partial charge in [0.15, 0.2) is 6.10 Å². The summed E-state index contributed by atoms with van der Waals surface area (Å²) in [5.41, 5.74) is -0.256. The van der Waals surface area contributed by atoms with Crippen molar-refractivity contribution in [3.05, 3.63) is 12.7 Å². The first-order valence-electron chi connectivity index (χ1n) is 13.8. The van der Waals surface area contributed by atoms with Crippen LogP contribution in [0.5, 0.6) is 0 Å². The largest absolute Gasteiger partial charge is 0.462 e. The SMILES string of the molecule is C=CC(C)(S)CC(C)(C)COCC(COC(=O)CC(C)(C)CC(C)(C)C)OC(=O)CC(C)(S)CC(C)(C)C. The minimum Gasteiger partial charge on any atom is -0.462 e. The van der Waals surface area contributed by atoms with Gasteiger partial charge in [-0.1, -0.05) is 82.2 Å². The first-order chi connectivity index (χ1) is 16.8. The van der Waals surface area contributed by atoms with E-state index in [4.69, 9.17) is 26.8 Å². The fraction of sp³-hybridized carbons (Fsp3) is 0.871. The van der Waals surface area contributed by atoms with Crippen LogP contribution >= 0.6 is 25.3 Å². The predicted molar refractivity (Wildman–Crippen MR) is 166 cm³/mol. The molecule has 0 radical (unpaired) electrons. The summed E-state index contributed by atoms with van der Waals surface area (Å²) in [7, 11) is 0. The van der Waals surface area contributed by atoms with Crippen molar-refractivity contribution in [1.82, 2.24) is 0 Å². The Morgan fingerprint density at radius 2 is 1.26 bits per heavy atom. The number of carbonyl (C=O) groups excluding carboxylic acids is 2. The molecule has 38 heavy (non-hydrogen) atoms. The van der Waals surface area contributed by atoms with Crippen LogP contribution in [0.4, 0.5) is 0 Å². The highest BCUT2D eigenvalue weighted by Crippen LogP contribution is 2.37. The lowest BCUT2D eigenvalue weighted by Gasteiger charge is -2.33. The maximum atomic E-state index is 12.9. The van der Waals surface area contributed by atoms with E-state index in [0.29, 0.717) is 13.0 Å². The number of rotatable bonds is 16. The van der Waals surface area contributed by atoms with E-state index < -0.39 is 10.9 Å². The van der Waals surface area contributed by atoms with E-state index in [0.717, 1.165) is 19.3 Å². The molecule has 0 aliphatic heterocycles. The zero-order valence-electron chi connectivity index (χ0n) is 26.5. The van der Waals surface area contributed by atoms with Crippen LogP contribution in [0.2, 0.25) is 0 Å². The Hall–Kier alpha value is -0.660. The van der Waals surface area contributed by atoms with Crippen molar-refractivity contribution in [2.75, 3.05) is 19.8 Å². The average molecular weight is 575 g/mol. The molecule has 0 bridgehead atoms. The van der Waals surface area contributed by atoms with E-state index in [1.807, 2.05) is 19.9 Å². The fourth-order valence-electron chi connectivity index (χ4n) is 5.54. The molecule has 0 fully saturated rings. The zero-order valence-corrected chi connectivity index (χ0v) is 28.2. The highest BCUT2D eigenvalue weighted by Gasteiger charge is 2.33. The van der Waals surface area contributed by atoms with E-state index in [2.05, 4.69) is 88.4 Å². The molecule has 0 rings (SSSR count). The smallest absolute Gasteiger partial charge is 0.307 e. The van der Waals surface area contributed by atoms with Crippen LogP contribution < -0.4 is 0 Å². The molecule has 0 aromatic heterocycles. The van der Waals surface area contributed by atoms with Crippen LogP contribution in [0.25, 0.3) is 0 Å². The van der Waals surface area contributed by atoms with Crippen molar-refractivity contribution < 1.29 is 23.8 Å². The van der Waals surface area contributed by atoms with E-state index in [1.165, 1.54) is 0 Å². The number of hydrogen-bond donors (Lipinski definition) is 2. The molecule has 3 atom stereocenters. The molecule has 3 unspecified atom stereocenters. The lowest BCUT2D eigenvalue weighted by atomic mass is 9.74. The highest BCUT2D eigenvalue weighted by molar-refractivity contribution is 7.82. The van der Waals surface area contributed by atoms with Crippen molar-refractivity contribution in [1.29, 1.82) is 0 Å². The van der Waals surface area contributed by atoms with Gasteiger partial charge in [0.2, 0.25) is 0 Å². The second kappa shape index (κ2) is 14.3. The summed E-state index contributed by atoms with van der Waals surface area (Å²) in [6.45, 7) is 29.5. The molecular weight excluding hydrogens is 516 g/mol. The summed E-state index contributed by atoms with van der Waals surface area (Å²) in [5, 5.41) is 0. The molecule has 0 heterocycles. The van der Waals surface area contributed by atoms with Gasteiger partial charge < -0.3 is 14.2 Å². The maximum Gasteiger partial charge on any atom is 0.307 e. The lowest BCUT2D eigenvalue weighted by Crippen LogP contribution is -2.36. The van der Waals surface area contributed by atoms with E-state index in [-0.39, 0.29) is 58.0 Å². The average Bonchev–Trinajstić information content (AvgIpc) is 2.59. The number of esters is 2.